The van der Waals surface area contributed by atoms with Crippen molar-refractivity contribution in [1.29, 1.82) is 0 Å². The van der Waals surface area contributed by atoms with Gasteiger partial charge in [0, 0.05) is 107 Å². The van der Waals surface area contributed by atoms with Gasteiger partial charge in [-0.15, -0.1) is 0 Å². The van der Waals surface area contributed by atoms with Gasteiger partial charge in [-0.3, -0.25) is 0 Å². The van der Waals surface area contributed by atoms with Crippen molar-refractivity contribution in [1.82, 2.24) is 0 Å². The van der Waals surface area contributed by atoms with Crippen LogP contribution in [0.5, 0.6) is 0 Å². The highest BCUT2D eigenvalue weighted by atomic mass is 14.0. The smallest absolute Gasteiger partial charge is 0.0927 e. The van der Waals surface area contributed by atoms with E-state index in [4.69, 9.17) is 61.9 Å². The Kier molecular flexibility index (Phi) is 35.8. The molecule has 36 heavy (non-hydrogen) atoms. The minimum absolute atomic E-state index is 0.0136. The van der Waals surface area contributed by atoms with Crippen LogP contribution in [0.4, 0.5) is 0 Å². The lowest BCUT2D eigenvalue weighted by molar-refractivity contribution is 0.820. The van der Waals surface area contributed by atoms with Crippen molar-refractivity contribution in [3.05, 3.63) is 0 Å². The summed E-state index contributed by atoms with van der Waals surface area (Å²) in [5.41, 5.74) is 0. The fourth-order valence-electron chi connectivity index (χ4n) is 5.29. The molecule has 0 nitrogen and oxygen atoms in total. The third-order valence-electron chi connectivity index (χ3n) is 7.09. The summed E-state index contributed by atoms with van der Waals surface area (Å²) in [5.74, 6) is 0.626. The van der Waals surface area contributed by atoms with Gasteiger partial charge in [0.1, 0.15) is 0 Å². The van der Waals surface area contributed by atoms with Crippen molar-refractivity contribution in [3.63, 3.8) is 0 Å². The lowest BCUT2D eigenvalue weighted by atomic mass is 8.53. The van der Waals surface area contributed by atoms with Gasteiger partial charge < -0.3 is 0 Å². The molecule has 18 heteroatoms. The Balaban J connectivity index is -0.000000227. The Morgan fingerprint density at radius 3 is 1.44 bits per heavy atom. The third-order valence-corrected chi connectivity index (χ3v) is 7.09. The first-order valence-electron chi connectivity index (χ1n) is 15.0. The fraction of sp³-hybridized carbons (Fsp3) is 1.00. The number of hydrogen-bond donors (Lipinski definition) is 0. The Morgan fingerprint density at radius 2 is 1.14 bits per heavy atom. The summed E-state index contributed by atoms with van der Waals surface area (Å²) in [4.78, 5) is 0. The van der Waals surface area contributed by atoms with Gasteiger partial charge in [0.05, 0.1) is 19.7 Å². The highest BCUT2D eigenvalue weighted by Gasteiger charge is 2.42. The number of rotatable bonds is 7. The van der Waals surface area contributed by atoms with E-state index in [2.05, 4.69) is 13.7 Å². The second kappa shape index (κ2) is 29.2. The lowest BCUT2D eigenvalue weighted by Gasteiger charge is -2.33. The first-order valence-corrected chi connectivity index (χ1v) is 15.0. The average molecular weight is 456 g/mol. The zero-order chi connectivity index (χ0) is 29.4. The molecule has 0 saturated carbocycles. The molecule has 0 aromatic rings. The van der Waals surface area contributed by atoms with Crippen molar-refractivity contribution < 1.29 is 0 Å². The molecule has 0 spiro atoms. The van der Waals surface area contributed by atoms with Crippen LogP contribution in [0.1, 0.15) is 88.0 Å². The first-order chi connectivity index (χ1) is 17.1. The molecule has 17 radical (unpaired) electrons. The molecule has 171 valence electrons. The van der Waals surface area contributed by atoms with E-state index >= 15 is 0 Å². The molecule has 0 bridgehead atoms. The molecule has 0 aliphatic carbocycles. The summed E-state index contributed by atoms with van der Waals surface area (Å²) in [6.07, 6.45) is 7.43. The summed E-state index contributed by atoms with van der Waals surface area (Å²) in [6, 6.07) is 0. The van der Waals surface area contributed by atoms with Gasteiger partial charge >= 0.3 is 0 Å². The number of hydrogen-bond acceptors (Lipinski definition) is 0. The first kappa shape index (κ1) is 44.2. The van der Waals surface area contributed by atoms with E-state index in [1.54, 1.807) is 7.06 Å². The minimum atomic E-state index is -0.489. The Hall–Kier alpha value is 1.17. The van der Waals surface area contributed by atoms with Gasteiger partial charge in [0.15, 0.2) is 0 Å². The van der Waals surface area contributed by atoms with Crippen LogP contribution in [-0.2, 0) is 0 Å². The normalized spacial score (nSPS) is 15.2. The minimum Gasteiger partial charge on any atom is -0.0927 e. The molecule has 0 N–H and O–H groups in total. The lowest BCUT2D eigenvalue weighted by Crippen LogP contribution is -2.68. The second-order valence-corrected chi connectivity index (χ2v) is 9.15. The molecular weight excluding hydrogens is 411 g/mol. The van der Waals surface area contributed by atoms with Gasteiger partial charge in [-0.05, 0) is 0 Å². The summed E-state index contributed by atoms with van der Waals surface area (Å²) in [6.45, 7) is 22.2. The van der Waals surface area contributed by atoms with Crippen LogP contribution in [-0.4, -0.2) is 127 Å². The van der Waals surface area contributed by atoms with Gasteiger partial charge in [-0.1, -0.05) is 120 Å². The maximum Gasteiger partial charge on any atom is 0.0961 e. The molecule has 1 atom stereocenters. The van der Waals surface area contributed by atoms with Crippen molar-refractivity contribution in [3.8, 4) is 0 Å². The maximum absolute atomic E-state index is 5.93. The van der Waals surface area contributed by atoms with E-state index in [0.29, 0.717) is 25.5 Å². The van der Waals surface area contributed by atoms with E-state index in [1.807, 2.05) is 55.4 Å². The summed E-state index contributed by atoms with van der Waals surface area (Å²) >= 11 is 0. The largest absolute Gasteiger partial charge is 0.0961 e. The van der Waals surface area contributed by atoms with Crippen LogP contribution in [0, 0.1) is 0 Å². The van der Waals surface area contributed by atoms with Gasteiger partial charge in [0.2, 0.25) is 0 Å². The molecule has 2 saturated heterocycles. The SMILES string of the molecule is CC.CC.CC.CC.[B]B([B])B([B])B1CCCCB1C.[B][B]B(B([B])[B])B(B([B])[B])B1CCC[C@@H]1C. The van der Waals surface area contributed by atoms with E-state index in [0.717, 1.165) is 6.32 Å². The summed E-state index contributed by atoms with van der Waals surface area (Å²) in [5, 5.41) is 0. The molecule has 2 aliphatic rings. The van der Waals surface area contributed by atoms with Gasteiger partial charge in [0.25, 0.3) is 0 Å². The fourth-order valence-corrected chi connectivity index (χ4v) is 5.29. The summed E-state index contributed by atoms with van der Waals surface area (Å²) in [7, 11) is 47.6. The second-order valence-electron chi connectivity index (χ2n) is 9.15. The van der Waals surface area contributed by atoms with Crippen LogP contribution in [0.15, 0.2) is 0 Å². The monoisotopic (exact) mass is 460 g/mol. The maximum atomic E-state index is 5.93. The van der Waals surface area contributed by atoms with Crippen molar-refractivity contribution in [2.24, 2.45) is 0 Å². The summed E-state index contributed by atoms with van der Waals surface area (Å²) < 4.78 is 0. The van der Waals surface area contributed by atoms with E-state index in [9.17, 15) is 0 Å². The highest BCUT2D eigenvalue weighted by molar-refractivity contribution is 8.03. The molecule has 0 aromatic heterocycles. The van der Waals surface area contributed by atoms with Crippen LogP contribution in [0.3, 0.4) is 0 Å². The zero-order valence-corrected chi connectivity index (χ0v) is 25.9. The molecule has 2 rings (SSSR count). The molecule has 0 amide bonds. The predicted octanol–water partition coefficient (Wildman–Crippen LogP) is 1.63. The standard InChI is InChI=1S/C5H10B11.C5H11B7.4C2H6/c1-5-3-2-4-12(5)16(14(9)10)15(11-6)13(7)8;1-9-4-2-3-5-10(9)12(8)11(6)7;4*1-2/h5H,2-4H2,1H3;2-5H2,1H3;4*1-2H3/t5-;;;;;/m0...../s1. The van der Waals surface area contributed by atoms with Crippen LogP contribution in [0.2, 0.25) is 31.6 Å². The van der Waals surface area contributed by atoms with Gasteiger partial charge in [-0.25, -0.2) is 0 Å². The topological polar surface area (TPSA) is 0 Å². The average Bonchev–Trinajstić information content (AvgIpc) is 3.32. The van der Waals surface area contributed by atoms with E-state index in [1.165, 1.54) is 38.3 Å². The van der Waals surface area contributed by atoms with E-state index < -0.39 is 12.8 Å². The Labute approximate surface area is 245 Å². The van der Waals surface area contributed by atoms with Crippen molar-refractivity contribution in [2.45, 2.75) is 120 Å². The Morgan fingerprint density at radius 1 is 0.667 bits per heavy atom. The predicted molar refractivity (Wildman–Crippen MR) is 197 cm³/mol. The third kappa shape index (κ3) is 17.7. The quantitative estimate of drug-likeness (QED) is 0.512. The molecular formula is C18H45B18. The highest BCUT2D eigenvalue weighted by Crippen LogP contribution is 2.32. The van der Waals surface area contributed by atoms with Crippen molar-refractivity contribution in [2.75, 3.05) is 0 Å². The molecule has 2 fully saturated rings. The molecule has 2 aliphatic heterocycles. The van der Waals surface area contributed by atoms with Crippen LogP contribution >= 0.6 is 0 Å². The van der Waals surface area contributed by atoms with Crippen LogP contribution < -0.4 is 0 Å². The zero-order valence-electron chi connectivity index (χ0n) is 25.9. The molecule has 2 heterocycles. The van der Waals surface area contributed by atoms with Crippen molar-refractivity contribution >= 4 is 127 Å². The Bertz CT molecular complexity index is 427. The van der Waals surface area contributed by atoms with Gasteiger partial charge in [-0.2, -0.15) is 0 Å². The van der Waals surface area contributed by atoms with Crippen LogP contribution in [0.25, 0.3) is 0 Å². The molecule has 0 aromatic carbocycles. The molecule has 0 unspecified atom stereocenters. The van der Waals surface area contributed by atoms with E-state index in [-0.39, 0.29) is 25.5 Å².